The zero-order valence-corrected chi connectivity index (χ0v) is 14.3. The highest BCUT2D eigenvalue weighted by molar-refractivity contribution is 8.18. The number of carbonyl (C=O) groups is 2. The molecule has 3 rings (SSSR count). The van der Waals surface area contributed by atoms with Crippen LogP contribution >= 0.6 is 23.1 Å². The molecular formula is C16H14N4O2S2. The maximum Gasteiger partial charge on any atom is 0.293 e. The molecule has 2 heterocycles. The predicted molar refractivity (Wildman–Crippen MR) is 96.6 cm³/mol. The topological polar surface area (TPSA) is 75.2 Å². The fourth-order valence-corrected chi connectivity index (χ4v) is 3.59. The van der Waals surface area contributed by atoms with Gasteiger partial charge in [0.05, 0.1) is 11.4 Å². The molecule has 24 heavy (non-hydrogen) atoms. The third-order valence-corrected chi connectivity index (χ3v) is 4.90. The number of hydrogen-bond acceptors (Lipinski definition) is 7. The normalized spacial score (nSPS) is 16.0. The molecule has 0 radical (unpaired) electrons. The second kappa shape index (κ2) is 7.41. The van der Waals surface area contributed by atoms with Gasteiger partial charge < -0.3 is 5.32 Å². The van der Waals surface area contributed by atoms with Gasteiger partial charge in [-0.05, 0) is 23.4 Å². The first kappa shape index (κ1) is 16.4. The molecule has 0 bridgehead atoms. The van der Waals surface area contributed by atoms with Crippen LogP contribution in [0.15, 0.2) is 47.9 Å². The summed E-state index contributed by atoms with van der Waals surface area (Å²) in [6.07, 6.45) is 3.44. The van der Waals surface area contributed by atoms with Crippen molar-refractivity contribution in [2.75, 3.05) is 11.9 Å². The van der Waals surface area contributed by atoms with E-state index in [2.05, 4.69) is 22.1 Å². The number of carbonyl (C=O) groups excluding carboxylic acids is 2. The molecule has 1 fully saturated rings. The van der Waals surface area contributed by atoms with E-state index in [0.717, 1.165) is 17.3 Å². The largest absolute Gasteiger partial charge is 0.357 e. The van der Waals surface area contributed by atoms with Crippen molar-refractivity contribution in [3.63, 3.8) is 0 Å². The third-order valence-electron chi connectivity index (χ3n) is 3.13. The van der Waals surface area contributed by atoms with Gasteiger partial charge in [-0.15, -0.1) is 16.8 Å². The van der Waals surface area contributed by atoms with Crippen LogP contribution in [-0.4, -0.2) is 32.8 Å². The van der Waals surface area contributed by atoms with Crippen molar-refractivity contribution in [1.29, 1.82) is 0 Å². The lowest BCUT2D eigenvalue weighted by Crippen LogP contribution is -2.27. The highest BCUT2D eigenvalue weighted by atomic mass is 32.2. The Bertz CT molecular complexity index is 801. The molecule has 1 aliphatic heterocycles. The first-order valence-electron chi connectivity index (χ1n) is 7.15. The zero-order valence-electron chi connectivity index (χ0n) is 12.6. The van der Waals surface area contributed by atoms with Gasteiger partial charge in [0.1, 0.15) is 5.01 Å². The Kier molecular flexibility index (Phi) is 5.07. The minimum Gasteiger partial charge on any atom is -0.357 e. The smallest absolute Gasteiger partial charge is 0.293 e. The van der Waals surface area contributed by atoms with Gasteiger partial charge in [0.2, 0.25) is 5.13 Å². The van der Waals surface area contributed by atoms with E-state index in [4.69, 9.17) is 0 Å². The van der Waals surface area contributed by atoms with Crippen molar-refractivity contribution in [2.24, 2.45) is 0 Å². The van der Waals surface area contributed by atoms with Crippen LogP contribution < -0.4 is 5.32 Å². The Morgan fingerprint density at radius 3 is 2.75 bits per heavy atom. The van der Waals surface area contributed by atoms with Gasteiger partial charge in [-0.1, -0.05) is 47.7 Å². The van der Waals surface area contributed by atoms with E-state index >= 15 is 0 Å². The standard InChI is InChI=1S/C16H14N4O2S2/c1-2-8-17-15-19-18-13(24-15)10-20-14(21)12(23-16(20)22)9-11-6-4-3-5-7-11/h2-7,9H,1,8,10H2,(H,17,19)/b12-9-. The molecule has 0 unspecified atom stereocenters. The van der Waals surface area contributed by atoms with Crippen LogP contribution in [0, 0.1) is 0 Å². The number of benzene rings is 1. The average Bonchev–Trinajstić information content (AvgIpc) is 3.14. The molecule has 0 spiro atoms. The minimum atomic E-state index is -0.301. The van der Waals surface area contributed by atoms with E-state index in [-0.39, 0.29) is 17.7 Å². The molecule has 0 saturated carbocycles. The van der Waals surface area contributed by atoms with Crippen LogP contribution in [0.5, 0.6) is 0 Å². The van der Waals surface area contributed by atoms with Crippen molar-refractivity contribution >= 4 is 45.5 Å². The molecule has 0 aliphatic carbocycles. The number of hydrogen-bond donors (Lipinski definition) is 1. The van der Waals surface area contributed by atoms with Gasteiger partial charge in [-0.3, -0.25) is 14.5 Å². The number of aromatic nitrogens is 2. The lowest BCUT2D eigenvalue weighted by molar-refractivity contribution is -0.123. The van der Waals surface area contributed by atoms with Crippen molar-refractivity contribution in [3.05, 3.63) is 58.5 Å². The Morgan fingerprint density at radius 2 is 2.00 bits per heavy atom. The Morgan fingerprint density at radius 1 is 1.21 bits per heavy atom. The molecule has 8 heteroatoms. The van der Waals surface area contributed by atoms with Crippen LogP contribution in [0.25, 0.3) is 6.08 Å². The van der Waals surface area contributed by atoms with E-state index in [9.17, 15) is 9.59 Å². The van der Waals surface area contributed by atoms with Crippen LogP contribution in [0.3, 0.4) is 0 Å². The molecule has 122 valence electrons. The Hall–Kier alpha value is -2.45. The predicted octanol–water partition coefficient (Wildman–Crippen LogP) is 3.37. The molecule has 1 aliphatic rings. The number of rotatable bonds is 6. The molecular weight excluding hydrogens is 344 g/mol. The van der Waals surface area contributed by atoms with Crippen LogP contribution in [0.2, 0.25) is 0 Å². The maximum atomic E-state index is 12.4. The molecule has 1 aromatic carbocycles. The second-order valence-corrected chi connectivity index (χ2v) is 6.90. The van der Waals surface area contributed by atoms with Crippen molar-refractivity contribution < 1.29 is 9.59 Å². The molecule has 2 amide bonds. The summed E-state index contributed by atoms with van der Waals surface area (Å²) in [6, 6.07) is 9.44. The highest BCUT2D eigenvalue weighted by Crippen LogP contribution is 2.33. The van der Waals surface area contributed by atoms with Gasteiger partial charge in [0, 0.05) is 6.54 Å². The van der Waals surface area contributed by atoms with E-state index in [1.165, 1.54) is 16.2 Å². The van der Waals surface area contributed by atoms with E-state index in [1.807, 2.05) is 30.3 Å². The molecule has 1 aromatic heterocycles. The summed E-state index contributed by atoms with van der Waals surface area (Å²) in [5, 5.41) is 11.9. The summed E-state index contributed by atoms with van der Waals surface area (Å²) in [6.45, 7) is 4.32. The third kappa shape index (κ3) is 3.72. The first-order chi connectivity index (χ1) is 11.7. The first-order valence-corrected chi connectivity index (χ1v) is 8.78. The lowest BCUT2D eigenvalue weighted by atomic mass is 10.2. The van der Waals surface area contributed by atoms with E-state index in [0.29, 0.717) is 21.6 Å². The highest BCUT2D eigenvalue weighted by Gasteiger charge is 2.35. The molecule has 2 aromatic rings. The number of nitrogens with one attached hydrogen (secondary N) is 1. The lowest BCUT2D eigenvalue weighted by Gasteiger charge is -2.09. The number of imide groups is 1. The van der Waals surface area contributed by atoms with Gasteiger partial charge in [0.15, 0.2) is 0 Å². The molecule has 6 nitrogen and oxygen atoms in total. The van der Waals surface area contributed by atoms with E-state index < -0.39 is 0 Å². The second-order valence-electron chi connectivity index (χ2n) is 4.85. The van der Waals surface area contributed by atoms with Gasteiger partial charge in [0.25, 0.3) is 11.1 Å². The van der Waals surface area contributed by atoms with Gasteiger partial charge in [-0.2, -0.15) is 0 Å². The van der Waals surface area contributed by atoms with Crippen molar-refractivity contribution in [3.8, 4) is 0 Å². The van der Waals surface area contributed by atoms with Gasteiger partial charge >= 0.3 is 0 Å². The fourth-order valence-electron chi connectivity index (χ4n) is 2.02. The summed E-state index contributed by atoms with van der Waals surface area (Å²) < 4.78 is 0. The van der Waals surface area contributed by atoms with Gasteiger partial charge in [-0.25, -0.2) is 0 Å². The van der Waals surface area contributed by atoms with Crippen molar-refractivity contribution in [1.82, 2.24) is 15.1 Å². The van der Waals surface area contributed by atoms with Crippen molar-refractivity contribution in [2.45, 2.75) is 6.54 Å². The summed E-state index contributed by atoms with van der Waals surface area (Å²) in [5.41, 5.74) is 0.884. The monoisotopic (exact) mass is 358 g/mol. The van der Waals surface area contributed by atoms with Crippen LogP contribution in [0.1, 0.15) is 10.6 Å². The molecule has 1 saturated heterocycles. The number of anilines is 1. The number of amides is 2. The SMILES string of the molecule is C=CCNc1nnc(CN2C(=O)S/C(=C\c3ccccc3)C2=O)s1. The summed E-state index contributed by atoms with van der Waals surface area (Å²) in [4.78, 5) is 26.2. The van der Waals surface area contributed by atoms with Crippen LogP contribution in [0.4, 0.5) is 9.93 Å². The van der Waals surface area contributed by atoms with E-state index in [1.54, 1.807) is 12.2 Å². The van der Waals surface area contributed by atoms with Crippen LogP contribution in [-0.2, 0) is 11.3 Å². The summed E-state index contributed by atoms with van der Waals surface area (Å²) >= 11 is 2.26. The Balaban J connectivity index is 1.71. The summed E-state index contributed by atoms with van der Waals surface area (Å²) in [7, 11) is 0. The maximum absolute atomic E-state index is 12.4. The number of nitrogens with zero attached hydrogens (tertiary/aromatic N) is 3. The quantitative estimate of drug-likeness (QED) is 0.630. The average molecular weight is 358 g/mol. The fraction of sp³-hybridized carbons (Fsp3) is 0.125. The Labute approximate surface area is 147 Å². The minimum absolute atomic E-state index is 0.129. The molecule has 1 N–H and O–H groups in total. The number of thioether (sulfide) groups is 1. The molecule has 0 atom stereocenters. The zero-order chi connectivity index (χ0) is 16.9. The summed E-state index contributed by atoms with van der Waals surface area (Å²) in [5.74, 6) is -0.301.